The van der Waals surface area contributed by atoms with E-state index in [0.29, 0.717) is 5.41 Å². The lowest BCUT2D eigenvalue weighted by atomic mass is 9.92. The van der Waals surface area contributed by atoms with Crippen molar-refractivity contribution in [1.82, 2.24) is 0 Å². The fourth-order valence-corrected chi connectivity index (χ4v) is 0.471. The van der Waals surface area contributed by atoms with Crippen molar-refractivity contribution in [2.24, 2.45) is 5.41 Å². The summed E-state index contributed by atoms with van der Waals surface area (Å²) in [5.41, 5.74) is 0.465. The molecule has 0 nitrogen and oxygen atoms in total. The highest BCUT2D eigenvalue weighted by Gasteiger charge is 2.05. The predicted octanol–water partition coefficient (Wildman–Crippen LogP) is 3.00. The van der Waals surface area contributed by atoms with Crippen LogP contribution in [-0.2, 0) is 0 Å². The van der Waals surface area contributed by atoms with Crippen LogP contribution in [0.25, 0.3) is 0 Å². The molecule has 0 fully saturated rings. The van der Waals surface area contributed by atoms with Crippen molar-refractivity contribution in [1.29, 1.82) is 0 Å². The fraction of sp³-hybridized carbons (Fsp3) is 0.750. The lowest BCUT2D eigenvalue weighted by molar-refractivity contribution is 0.420. The second-order valence-electron chi connectivity index (χ2n) is 3.33. The van der Waals surface area contributed by atoms with Crippen LogP contribution in [0.5, 0.6) is 0 Å². The van der Waals surface area contributed by atoms with Crippen molar-refractivity contribution >= 4 is 0 Å². The minimum atomic E-state index is 0.465. The van der Waals surface area contributed by atoms with Gasteiger partial charge < -0.3 is 0 Å². The third kappa shape index (κ3) is 5.74. The summed E-state index contributed by atoms with van der Waals surface area (Å²) in [5.74, 6) is 0. The van der Waals surface area contributed by atoms with E-state index >= 15 is 0 Å². The maximum atomic E-state index is 2.24. The van der Waals surface area contributed by atoms with E-state index < -0.39 is 0 Å². The summed E-state index contributed by atoms with van der Waals surface area (Å²) in [6.45, 7) is 8.79. The minimum Gasteiger partial charge on any atom is -0.0916 e. The van der Waals surface area contributed by atoms with Gasteiger partial charge in [0.25, 0.3) is 0 Å². The largest absolute Gasteiger partial charge is 0.0916 e. The second kappa shape index (κ2) is 2.91. The standard InChI is InChI=1S/C8H16/c1-5-6-7-8(2,3)4/h5-6H,7H2,1-4H3/b6-5+. The van der Waals surface area contributed by atoms with Gasteiger partial charge in [0.2, 0.25) is 0 Å². The van der Waals surface area contributed by atoms with E-state index in [1.807, 2.05) is 0 Å². The van der Waals surface area contributed by atoms with Gasteiger partial charge in [-0.1, -0.05) is 32.9 Å². The molecule has 0 aliphatic heterocycles. The van der Waals surface area contributed by atoms with Crippen LogP contribution in [0.1, 0.15) is 34.1 Å². The van der Waals surface area contributed by atoms with E-state index in [9.17, 15) is 0 Å². The Balaban J connectivity index is 3.39. The molecule has 0 unspecified atom stereocenters. The molecule has 0 spiro atoms. The third-order valence-corrected chi connectivity index (χ3v) is 0.966. The topological polar surface area (TPSA) is 0 Å². The summed E-state index contributed by atoms with van der Waals surface area (Å²) in [6, 6.07) is 0. The van der Waals surface area contributed by atoms with Crippen LogP contribution >= 0.6 is 0 Å². The van der Waals surface area contributed by atoms with E-state index in [0.717, 1.165) is 0 Å². The molecule has 0 atom stereocenters. The van der Waals surface area contributed by atoms with Gasteiger partial charge in [-0.05, 0) is 18.8 Å². The van der Waals surface area contributed by atoms with Crippen molar-refractivity contribution < 1.29 is 0 Å². The van der Waals surface area contributed by atoms with Crippen LogP contribution in [0, 0.1) is 5.41 Å². The van der Waals surface area contributed by atoms with E-state index in [1.165, 1.54) is 6.42 Å². The molecule has 0 aliphatic rings. The molecule has 0 bridgehead atoms. The zero-order valence-corrected chi connectivity index (χ0v) is 6.36. The molecule has 0 amide bonds. The SMILES string of the molecule is C/C=C/CC(C)(C)C. The molecule has 0 heterocycles. The van der Waals surface area contributed by atoms with Gasteiger partial charge in [-0.25, -0.2) is 0 Å². The number of allylic oxidation sites excluding steroid dienone is 2. The molecular weight excluding hydrogens is 96.1 g/mol. The van der Waals surface area contributed by atoms with Gasteiger partial charge in [0, 0.05) is 0 Å². The molecule has 0 aliphatic carbocycles. The van der Waals surface area contributed by atoms with E-state index in [4.69, 9.17) is 0 Å². The Kier molecular flexibility index (Phi) is 2.81. The molecule has 0 heteroatoms. The predicted molar refractivity (Wildman–Crippen MR) is 38.9 cm³/mol. The molecule has 0 aromatic carbocycles. The average molecular weight is 112 g/mol. The number of hydrogen-bond acceptors (Lipinski definition) is 0. The molecular formula is C8H16. The Hall–Kier alpha value is -0.260. The first-order chi connectivity index (χ1) is 3.56. The zero-order valence-electron chi connectivity index (χ0n) is 6.36. The number of hydrogen-bond donors (Lipinski definition) is 0. The van der Waals surface area contributed by atoms with Crippen molar-refractivity contribution in [2.45, 2.75) is 34.1 Å². The molecule has 0 radical (unpaired) electrons. The molecule has 0 rings (SSSR count). The van der Waals surface area contributed by atoms with Crippen molar-refractivity contribution in [2.75, 3.05) is 0 Å². The smallest absolute Gasteiger partial charge is 0.0302 e. The zero-order chi connectivity index (χ0) is 6.62. The van der Waals surface area contributed by atoms with Crippen LogP contribution < -0.4 is 0 Å². The lowest BCUT2D eigenvalue weighted by Gasteiger charge is -2.13. The first-order valence-corrected chi connectivity index (χ1v) is 3.17. The molecule has 0 saturated heterocycles. The Morgan fingerprint density at radius 3 is 1.88 bits per heavy atom. The van der Waals surface area contributed by atoms with Crippen molar-refractivity contribution in [3.8, 4) is 0 Å². The summed E-state index contributed by atoms with van der Waals surface area (Å²) in [6.07, 6.45) is 5.49. The van der Waals surface area contributed by atoms with E-state index in [1.54, 1.807) is 0 Å². The van der Waals surface area contributed by atoms with Crippen LogP contribution in [0.2, 0.25) is 0 Å². The lowest BCUT2D eigenvalue weighted by Crippen LogP contribution is -2.01. The maximum Gasteiger partial charge on any atom is -0.0302 e. The number of rotatable bonds is 1. The maximum absolute atomic E-state index is 2.24. The van der Waals surface area contributed by atoms with Gasteiger partial charge in [-0.2, -0.15) is 0 Å². The van der Waals surface area contributed by atoms with Gasteiger partial charge in [-0.3, -0.25) is 0 Å². The average Bonchev–Trinajstić information content (AvgIpc) is 1.59. The first kappa shape index (κ1) is 7.74. The Morgan fingerprint density at radius 1 is 1.25 bits per heavy atom. The van der Waals surface area contributed by atoms with Crippen molar-refractivity contribution in [3.63, 3.8) is 0 Å². The van der Waals surface area contributed by atoms with Crippen LogP contribution in [0.3, 0.4) is 0 Å². The molecule has 8 heavy (non-hydrogen) atoms. The van der Waals surface area contributed by atoms with Gasteiger partial charge in [0.05, 0.1) is 0 Å². The minimum absolute atomic E-state index is 0.465. The highest BCUT2D eigenvalue weighted by atomic mass is 14.1. The Bertz CT molecular complexity index is 72.5. The summed E-state index contributed by atoms with van der Waals surface area (Å²) in [5, 5.41) is 0. The summed E-state index contributed by atoms with van der Waals surface area (Å²) in [4.78, 5) is 0. The van der Waals surface area contributed by atoms with Gasteiger partial charge in [0.15, 0.2) is 0 Å². The highest BCUT2D eigenvalue weighted by molar-refractivity contribution is 4.82. The van der Waals surface area contributed by atoms with E-state index in [2.05, 4.69) is 39.8 Å². The van der Waals surface area contributed by atoms with Crippen LogP contribution in [-0.4, -0.2) is 0 Å². The first-order valence-electron chi connectivity index (χ1n) is 3.17. The van der Waals surface area contributed by atoms with E-state index in [-0.39, 0.29) is 0 Å². The molecule has 0 aromatic heterocycles. The second-order valence-corrected chi connectivity index (χ2v) is 3.33. The fourth-order valence-electron chi connectivity index (χ4n) is 0.471. The van der Waals surface area contributed by atoms with Gasteiger partial charge in [0.1, 0.15) is 0 Å². The molecule has 0 N–H and O–H groups in total. The van der Waals surface area contributed by atoms with Gasteiger partial charge >= 0.3 is 0 Å². The highest BCUT2D eigenvalue weighted by Crippen LogP contribution is 2.18. The quantitative estimate of drug-likeness (QED) is 0.457. The molecule has 0 saturated carbocycles. The van der Waals surface area contributed by atoms with Gasteiger partial charge in [-0.15, -0.1) is 0 Å². The monoisotopic (exact) mass is 112 g/mol. The Labute approximate surface area is 52.6 Å². The summed E-state index contributed by atoms with van der Waals surface area (Å²) >= 11 is 0. The molecule has 0 aromatic rings. The summed E-state index contributed by atoms with van der Waals surface area (Å²) in [7, 11) is 0. The normalized spacial score (nSPS) is 13.0. The van der Waals surface area contributed by atoms with Crippen LogP contribution in [0.4, 0.5) is 0 Å². The van der Waals surface area contributed by atoms with Crippen molar-refractivity contribution in [3.05, 3.63) is 12.2 Å². The summed E-state index contributed by atoms with van der Waals surface area (Å²) < 4.78 is 0. The Morgan fingerprint density at radius 2 is 1.75 bits per heavy atom. The van der Waals surface area contributed by atoms with Crippen LogP contribution in [0.15, 0.2) is 12.2 Å². The third-order valence-electron chi connectivity index (χ3n) is 0.966. The molecule has 48 valence electrons.